The molecule has 4 N–H and O–H groups in total. The molecule has 0 amide bonds. The molecule has 2 unspecified atom stereocenters. The van der Waals surface area contributed by atoms with E-state index in [0.29, 0.717) is 50.9 Å². The Morgan fingerprint density at radius 3 is 2.15 bits per heavy atom. The highest BCUT2D eigenvalue weighted by Crippen LogP contribution is 2.14. The molecule has 0 aliphatic heterocycles. The minimum absolute atomic E-state index is 0.0342. The van der Waals surface area contributed by atoms with Gasteiger partial charge in [-0.25, -0.2) is 4.99 Å². The molecule has 0 bridgehead atoms. The number of amidine groups is 1. The molecule has 0 aromatic rings. The van der Waals surface area contributed by atoms with E-state index in [2.05, 4.69) is 36.3 Å². The van der Waals surface area contributed by atoms with Crippen LogP contribution in [0, 0.1) is 18.3 Å². The van der Waals surface area contributed by atoms with E-state index in [1.165, 1.54) is 13.2 Å². The van der Waals surface area contributed by atoms with Crippen LogP contribution in [0.4, 0.5) is 4.39 Å². The summed E-state index contributed by atoms with van der Waals surface area (Å²) in [5.74, 6) is 2.40. The van der Waals surface area contributed by atoms with Crippen LogP contribution in [0.3, 0.4) is 0 Å². The summed E-state index contributed by atoms with van der Waals surface area (Å²) in [6.45, 7) is 17.2. The molecular weight excluding hydrogens is 517 g/mol. The van der Waals surface area contributed by atoms with Crippen molar-refractivity contribution in [1.82, 2.24) is 0 Å². The number of hydrogen-bond acceptors (Lipinski definition) is 8. The summed E-state index contributed by atoms with van der Waals surface area (Å²) in [7, 11) is 3.14. The highest BCUT2D eigenvalue weighted by Gasteiger charge is 2.24. The third-order valence-electron chi connectivity index (χ3n) is 5.05. The quantitative estimate of drug-likeness (QED) is 0.0494. The van der Waals surface area contributed by atoms with Gasteiger partial charge in [-0.3, -0.25) is 4.99 Å². The number of aliphatic imine (C=N–C) groups is 2. The van der Waals surface area contributed by atoms with Crippen LogP contribution in [0.15, 0.2) is 45.6 Å². The standard InChI is InChI=1S/C14H24FN3.C8H16O4.C8H14O2/c1-6-8-12(15)18-14(16)13(10(3)4)17-9-11(5)7-2;1-8(9)7-12-6-5-11-4-3-10-2;1-4-6-8(5-2,7-9)10-3/h8-9,11H,6-7H2,1-5H3,(H2,16,18);9H,1,3-7H2,2H3;2,9H,4,6-7H2,1,3H3/b12-8-,17-9?;;. The normalized spacial score (nSPS) is 13.7. The Bertz CT molecular complexity index is 811. The van der Waals surface area contributed by atoms with Gasteiger partial charge in [-0.2, -0.15) is 4.39 Å². The number of allylic oxidation sites excluding steroid dienone is 2. The zero-order valence-corrected chi connectivity index (χ0v) is 26.0. The van der Waals surface area contributed by atoms with Crippen molar-refractivity contribution in [3.63, 3.8) is 0 Å². The van der Waals surface area contributed by atoms with Gasteiger partial charge >= 0.3 is 0 Å². The van der Waals surface area contributed by atoms with Gasteiger partial charge in [0.1, 0.15) is 18.1 Å². The number of ether oxygens (including phenoxy) is 4. The van der Waals surface area contributed by atoms with Gasteiger partial charge in [0.25, 0.3) is 0 Å². The van der Waals surface area contributed by atoms with E-state index in [1.807, 2.05) is 33.9 Å². The summed E-state index contributed by atoms with van der Waals surface area (Å²) < 4.78 is 33.1. The Labute approximate surface area is 242 Å². The molecule has 0 saturated carbocycles. The van der Waals surface area contributed by atoms with Crippen molar-refractivity contribution in [3.8, 4) is 12.3 Å². The average molecular weight is 572 g/mol. The Hall–Kier alpha value is -2.55. The lowest BCUT2D eigenvalue weighted by molar-refractivity contribution is -0.0125. The summed E-state index contributed by atoms with van der Waals surface area (Å²) in [6.07, 6.45) is 11.6. The molecule has 0 saturated heterocycles. The molecule has 0 radical (unpaired) electrons. The van der Waals surface area contributed by atoms with Crippen molar-refractivity contribution in [2.45, 2.75) is 72.8 Å². The van der Waals surface area contributed by atoms with Crippen molar-refractivity contribution in [2.24, 2.45) is 21.6 Å². The van der Waals surface area contributed by atoms with Gasteiger partial charge in [-0.15, -0.1) is 6.42 Å². The predicted molar refractivity (Wildman–Crippen MR) is 163 cm³/mol. The Morgan fingerprint density at radius 1 is 1.15 bits per heavy atom. The summed E-state index contributed by atoms with van der Waals surface area (Å²) in [5, 5.41) is 17.5. The molecule has 232 valence electrons. The maximum Gasteiger partial charge on any atom is 0.210 e. The van der Waals surface area contributed by atoms with Crippen molar-refractivity contribution in [2.75, 3.05) is 53.9 Å². The lowest BCUT2D eigenvalue weighted by atomic mass is 10.0. The zero-order valence-electron chi connectivity index (χ0n) is 26.0. The van der Waals surface area contributed by atoms with Gasteiger partial charge < -0.3 is 34.9 Å². The fourth-order valence-electron chi connectivity index (χ4n) is 2.52. The number of hydrogen-bond donors (Lipinski definition) is 3. The van der Waals surface area contributed by atoms with E-state index in [-0.39, 0.29) is 24.8 Å². The van der Waals surface area contributed by atoms with Crippen LogP contribution in [0.1, 0.15) is 67.2 Å². The molecule has 0 rings (SSSR count). The Balaban J connectivity index is -0.000000542. The SMILES string of the molecule is C#CC(CO)(CCC)OC.C=C(O)COCCOCCOC.CC/C=C(F)\N=C(\N)C(N=CC(C)CC)=C(C)C. The number of halogens is 1. The molecule has 0 aromatic heterocycles. The van der Waals surface area contributed by atoms with Crippen LogP contribution in [0.5, 0.6) is 0 Å². The lowest BCUT2D eigenvalue weighted by Gasteiger charge is -2.23. The van der Waals surface area contributed by atoms with E-state index >= 15 is 0 Å². The summed E-state index contributed by atoms with van der Waals surface area (Å²) in [6, 6.07) is 0. The molecule has 2 atom stereocenters. The highest BCUT2D eigenvalue weighted by molar-refractivity contribution is 5.99. The maximum atomic E-state index is 13.3. The number of aliphatic hydroxyl groups is 2. The number of nitrogens with zero attached hydrogens (tertiary/aromatic N) is 2. The van der Waals surface area contributed by atoms with Crippen LogP contribution in [0.25, 0.3) is 0 Å². The first-order valence-electron chi connectivity index (χ1n) is 13.5. The fourth-order valence-corrected chi connectivity index (χ4v) is 2.52. The summed E-state index contributed by atoms with van der Waals surface area (Å²) in [4.78, 5) is 8.02. The van der Waals surface area contributed by atoms with E-state index in [0.717, 1.165) is 18.4 Å². The van der Waals surface area contributed by atoms with Gasteiger partial charge in [0.05, 0.1) is 33.0 Å². The molecule has 0 spiro atoms. The summed E-state index contributed by atoms with van der Waals surface area (Å²) >= 11 is 0. The zero-order chi connectivity index (χ0) is 31.4. The molecule has 0 fully saturated rings. The first kappa shape index (κ1) is 41.9. The topological polar surface area (TPSA) is 128 Å². The first-order chi connectivity index (χ1) is 18.9. The largest absolute Gasteiger partial charge is 0.510 e. The van der Waals surface area contributed by atoms with Crippen molar-refractivity contribution >= 4 is 12.1 Å². The van der Waals surface area contributed by atoms with Gasteiger partial charge in [0.15, 0.2) is 11.4 Å². The molecule has 10 heteroatoms. The third kappa shape index (κ3) is 24.5. The minimum atomic E-state index is -0.741. The molecular formula is C30H54FN3O6. The van der Waals surface area contributed by atoms with Gasteiger partial charge in [0.2, 0.25) is 5.95 Å². The van der Waals surface area contributed by atoms with Crippen LogP contribution < -0.4 is 5.73 Å². The van der Waals surface area contributed by atoms with E-state index in [4.69, 9.17) is 41.3 Å². The van der Waals surface area contributed by atoms with Crippen molar-refractivity contribution in [1.29, 1.82) is 0 Å². The third-order valence-corrected chi connectivity index (χ3v) is 5.05. The van der Waals surface area contributed by atoms with E-state index in [9.17, 15) is 4.39 Å². The molecule has 0 aliphatic carbocycles. The minimum Gasteiger partial charge on any atom is -0.510 e. The number of rotatable bonds is 18. The average Bonchev–Trinajstić information content (AvgIpc) is 2.91. The predicted octanol–water partition coefficient (Wildman–Crippen LogP) is 5.51. The Kier molecular flexibility index (Phi) is 29.3. The maximum absolute atomic E-state index is 13.3. The van der Waals surface area contributed by atoms with E-state index < -0.39 is 11.6 Å². The van der Waals surface area contributed by atoms with Crippen LogP contribution in [-0.4, -0.2) is 81.7 Å². The van der Waals surface area contributed by atoms with Gasteiger partial charge in [-0.1, -0.05) is 46.6 Å². The number of terminal acetylenes is 1. The molecule has 40 heavy (non-hydrogen) atoms. The first-order valence-corrected chi connectivity index (χ1v) is 13.5. The summed E-state index contributed by atoms with van der Waals surface area (Å²) in [5.41, 5.74) is 6.50. The van der Waals surface area contributed by atoms with Gasteiger partial charge in [0, 0.05) is 20.4 Å². The molecule has 0 aromatic carbocycles. The number of nitrogens with two attached hydrogens (primary N) is 1. The molecule has 0 heterocycles. The number of methoxy groups -OCH3 is 2. The van der Waals surface area contributed by atoms with Crippen molar-refractivity contribution in [3.05, 3.63) is 35.6 Å². The monoisotopic (exact) mass is 571 g/mol. The van der Waals surface area contributed by atoms with Crippen molar-refractivity contribution < 1.29 is 33.6 Å². The van der Waals surface area contributed by atoms with E-state index in [1.54, 1.807) is 7.11 Å². The highest BCUT2D eigenvalue weighted by atomic mass is 19.1. The van der Waals surface area contributed by atoms with Crippen LogP contribution >= 0.6 is 0 Å². The lowest BCUT2D eigenvalue weighted by Crippen LogP contribution is -2.33. The fraction of sp³-hybridized carbons (Fsp3) is 0.667. The van der Waals surface area contributed by atoms with Crippen LogP contribution in [0.2, 0.25) is 0 Å². The Morgan fingerprint density at radius 2 is 1.75 bits per heavy atom. The second-order valence-electron chi connectivity index (χ2n) is 8.92. The molecule has 9 nitrogen and oxygen atoms in total. The second-order valence-corrected chi connectivity index (χ2v) is 8.92. The molecule has 0 aliphatic rings. The van der Waals surface area contributed by atoms with Gasteiger partial charge in [-0.05, 0) is 50.7 Å². The smallest absolute Gasteiger partial charge is 0.210 e. The van der Waals surface area contributed by atoms with Crippen LogP contribution in [-0.2, 0) is 18.9 Å². The number of aliphatic hydroxyl groups excluding tert-OH is 2. The second kappa shape index (κ2) is 28.0.